The number of aromatic nitrogens is 1. The molecule has 0 saturated carbocycles. The van der Waals surface area contributed by atoms with Crippen LogP contribution in [0.5, 0.6) is 0 Å². The van der Waals surface area contributed by atoms with Crippen LogP contribution in [-0.2, 0) is 11.2 Å². The van der Waals surface area contributed by atoms with Crippen LogP contribution in [0.25, 0.3) is 0 Å². The van der Waals surface area contributed by atoms with E-state index >= 15 is 0 Å². The van der Waals surface area contributed by atoms with Gasteiger partial charge < -0.3 is 10.6 Å². The minimum Gasteiger partial charge on any atom is -0.355 e. The number of thiazole rings is 1. The first-order valence-corrected chi connectivity index (χ1v) is 6.81. The molecule has 1 amide bonds. The number of rotatable bonds is 5. The van der Waals surface area contributed by atoms with E-state index in [0.29, 0.717) is 13.1 Å². The maximum absolute atomic E-state index is 11.6. The average molecular weight is 254 g/mol. The summed E-state index contributed by atoms with van der Waals surface area (Å²) in [7, 11) is 0. The highest BCUT2D eigenvalue weighted by Gasteiger charge is 2.12. The third kappa shape index (κ3) is 4.41. The van der Waals surface area contributed by atoms with Gasteiger partial charge in [0.15, 0.2) is 0 Å². The van der Waals surface area contributed by atoms with Gasteiger partial charge in [-0.15, -0.1) is 11.3 Å². The normalized spacial score (nSPS) is 16.9. The first-order chi connectivity index (χ1) is 8.34. The Bertz CT molecular complexity index is 335. The Morgan fingerprint density at radius 3 is 3.06 bits per heavy atom. The van der Waals surface area contributed by atoms with Crippen LogP contribution in [0.4, 0.5) is 0 Å². The molecule has 2 rings (SSSR count). The minimum absolute atomic E-state index is 0.114. The summed E-state index contributed by atoms with van der Waals surface area (Å²) in [5.41, 5.74) is 0. The number of piperazine rings is 1. The van der Waals surface area contributed by atoms with E-state index in [-0.39, 0.29) is 5.91 Å². The fourth-order valence-corrected chi connectivity index (χ4v) is 2.43. The smallest absolute Gasteiger partial charge is 0.234 e. The zero-order valence-electron chi connectivity index (χ0n) is 9.82. The lowest BCUT2D eigenvalue weighted by Gasteiger charge is -2.26. The highest BCUT2D eigenvalue weighted by Crippen LogP contribution is 2.03. The van der Waals surface area contributed by atoms with Crippen molar-refractivity contribution >= 4 is 17.2 Å². The monoisotopic (exact) mass is 254 g/mol. The van der Waals surface area contributed by atoms with Crippen LogP contribution in [0.15, 0.2) is 11.6 Å². The Hall–Kier alpha value is -0.980. The largest absolute Gasteiger partial charge is 0.355 e. The second-order valence-corrected chi connectivity index (χ2v) is 5.03. The van der Waals surface area contributed by atoms with E-state index in [2.05, 4.69) is 20.5 Å². The first-order valence-electron chi connectivity index (χ1n) is 5.93. The molecule has 0 unspecified atom stereocenters. The minimum atomic E-state index is 0.114. The van der Waals surface area contributed by atoms with Crippen molar-refractivity contribution in [2.24, 2.45) is 0 Å². The maximum Gasteiger partial charge on any atom is 0.234 e. The van der Waals surface area contributed by atoms with E-state index in [1.807, 2.05) is 5.38 Å². The third-order valence-electron chi connectivity index (χ3n) is 2.72. The molecule has 5 nitrogen and oxygen atoms in total. The summed E-state index contributed by atoms with van der Waals surface area (Å²) in [5, 5.41) is 9.24. The van der Waals surface area contributed by atoms with Crippen LogP contribution in [0.3, 0.4) is 0 Å². The summed E-state index contributed by atoms with van der Waals surface area (Å²) in [4.78, 5) is 18.0. The molecule has 1 fully saturated rings. The standard InChI is InChI=1S/C11H18N4OS/c16-10(9-15-6-3-12-4-7-15)13-2-1-11-14-5-8-17-11/h5,8,12H,1-4,6-7,9H2,(H,13,16). The molecule has 1 aliphatic heterocycles. The van der Waals surface area contributed by atoms with Crippen molar-refractivity contribution in [1.29, 1.82) is 0 Å². The summed E-state index contributed by atoms with van der Waals surface area (Å²) in [6.07, 6.45) is 2.62. The molecule has 1 aromatic heterocycles. The number of amides is 1. The van der Waals surface area contributed by atoms with Gasteiger partial charge in [0.1, 0.15) is 0 Å². The molecule has 2 N–H and O–H groups in total. The fourth-order valence-electron chi connectivity index (χ4n) is 1.81. The highest BCUT2D eigenvalue weighted by atomic mass is 32.1. The Morgan fingerprint density at radius 1 is 1.53 bits per heavy atom. The molecule has 0 bridgehead atoms. The van der Waals surface area contributed by atoms with Gasteiger partial charge in [-0.25, -0.2) is 4.98 Å². The quantitative estimate of drug-likeness (QED) is 0.758. The zero-order chi connectivity index (χ0) is 11.9. The number of hydrogen-bond acceptors (Lipinski definition) is 5. The Morgan fingerprint density at radius 2 is 2.35 bits per heavy atom. The Balaban J connectivity index is 1.60. The molecule has 0 aromatic carbocycles. The molecular weight excluding hydrogens is 236 g/mol. The van der Waals surface area contributed by atoms with Gasteiger partial charge in [0.05, 0.1) is 11.6 Å². The number of carbonyl (C=O) groups is 1. The number of nitrogens with zero attached hydrogens (tertiary/aromatic N) is 2. The van der Waals surface area contributed by atoms with E-state index in [1.54, 1.807) is 17.5 Å². The van der Waals surface area contributed by atoms with Gasteiger partial charge in [0, 0.05) is 50.7 Å². The van der Waals surface area contributed by atoms with Crippen LogP contribution >= 0.6 is 11.3 Å². The van der Waals surface area contributed by atoms with Gasteiger partial charge in [-0.1, -0.05) is 0 Å². The van der Waals surface area contributed by atoms with Gasteiger partial charge in [0.2, 0.25) is 5.91 Å². The summed E-state index contributed by atoms with van der Waals surface area (Å²) in [6.45, 7) is 5.07. The van der Waals surface area contributed by atoms with E-state index in [4.69, 9.17) is 0 Å². The van der Waals surface area contributed by atoms with Crippen LogP contribution in [-0.4, -0.2) is 55.1 Å². The van der Waals surface area contributed by atoms with Crippen LogP contribution < -0.4 is 10.6 Å². The van der Waals surface area contributed by atoms with Gasteiger partial charge in [-0.2, -0.15) is 0 Å². The molecule has 0 aliphatic carbocycles. The lowest BCUT2D eigenvalue weighted by molar-refractivity contribution is -0.122. The van der Waals surface area contributed by atoms with E-state index in [1.165, 1.54) is 0 Å². The molecule has 0 atom stereocenters. The SMILES string of the molecule is O=C(CN1CCNCC1)NCCc1nccs1. The topological polar surface area (TPSA) is 57.3 Å². The predicted octanol–water partition coefficient (Wildman–Crippen LogP) is -0.293. The Kier molecular flexibility index (Phi) is 4.90. The van der Waals surface area contributed by atoms with Crippen LogP contribution in [0.1, 0.15) is 5.01 Å². The van der Waals surface area contributed by atoms with Crippen LogP contribution in [0.2, 0.25) is 0 Å². The first kappa shape index (κ1) is 12.5. The molecule has 94 valence electrons. The number of nitrogens with one attached hydrogen (secondary N) is 2. The molecule has 1 aromatic rings. The van der Waals surface area contributed by atoms with Crippen molar-refractivity contribution in [1.82, 2.24) is 20.5 Å². The van der Waals surface area contributed by atoms with Crippen molar-refractivity contribution < 1.29 is 4.79 Å². The molecule has 0 radical (unpaired) electrons. The maximum atomic E-state index is 11.6. The molecule has 6 heteroatoms. The summed E-state index contributed by atoms with van der Waals surface area (Å²) < 4.78 is 0. The van der Waals surface area contributed by atoms with E-state index in [0.717, 1.165) is 37.6 Å². The van der Waals surface area contributed by atoms with Crippen molar-refractivity contribution in [3.63, 3.8) is 0 Å². The highest BCUT2D eigenvalue weighted by molar-refractivity contribution is 7.09. The number of carbonyl (C=O) groups excluding carboxylic acids is 1. The molecular formula is C11H18N4OS. The van der Waals surface area contributed by atoms with E-state index in [9.17, 15) is 4.79 Å². The average Bonchev–Trinajstić information content (AvgIpc) is 2.83. The van der Waals surface area contributed by atoms with Gasteiger partial charge in [-0.05, 0) is 0 Å². The van der Waals surface area contributed by atoms with Crippen LogP contribution in [0, 0.1) is 0 Å². The molecule has 1 aliphatic rings. The van der Waals surface area contributed by atoms with Crippen molar-refractivity contribution in [3.05, 3.63) is 16.6 Å². The fraction of sp³-hybridized carbons (Fsp3) is 0.636. The van der Waals surface area contributed by atoms with Gasteiger partial charge in [0.25, 0.3) is 0 Å². The molecule has 17 heavy (non-hydrogen) atoms. The third-order valence-corrected chi connectivity index (χ3v) is 3.56. The van der Waals surface area contributed by atoms with Gasteiger partial charge >= 0.3 is 0 Å². The lowest BCUT2D eigenvalue weighted by atomic mass is 10.3. The second-order valence-electron chi connectivity index (χ2n) is 4.05. The van der Waals surface area contributed by atoms with Gasteiger partial charge in [-0.3, -0.25) is 9.69 Å². The molecule has 2 heterocycles. The van der Waals surface area contributed by atoms with Crippen molar-refractivity contribution in [2.45, 2.75) is 6.42 Å². The van der Waals surface area contributed by atoms with E-state index < -0.39 is 0 Å². The van der Waals surface area contributed by atoms with Crippen molar-refractivity contribution in [2.75, 3.05) is 39.3 Å². The molecule has 1 saturated heterocycles. The molecule has 0 spiro atoms. The Labute approximate surface area is 105 Å². The lowest BCUT2D eigenvalue weighted by Crippen LogP contribution is -2.47. The van der Waals surface area contributed by atoms with Crippen molar-refractivity contribution in [3.8, 4) is 0 Å². The number of hydrogen-bond donors (Lipinski definition) is 2. The summed E-state index contributed by atoms with van der Waals surface area (Å²) in [6, 6.07) is 0. The zero-order valence-corrected chi connectivity index (χ0v) is 10.6. The summed E-state index contributed by atoms with van der Waals surface area (Å²) >= 11 is 1.63. The second kappa shape index (κ2) is 6.68. The predicted molar refractivity (Wildman–Crippen MR) is 68.1 cm³/mol. The summed E-state index contributed by atoms with van der Waals surface area (Å²) in [5.74, 6) is 0.114.